The van der Waals surface area contributed by atoms with E-state index in [2.05, 4.69) is 4.74 Å². The molecule has 1 unspecified atom stereocenters. The number of benzene rings is 1. The fraction of sp³-hybridized carbons (Fsp3) is 0.571. The van der Waals surface area contributed by atoms with E-state index in [0.29, 0.717) is 0 Å². The summed E-state index contributed by atoms with van der Waals surface area (Å²) in [5.74, 6) is -4.18. The van der Waals surface area contributed by atoms with Gasteiger partial charge in [-0.2, -0.15) is 8.78 Å². The maximum Gasteiger partial charge on any atom is 0.330 e. The van der Waals surface area contributed by atoms with Crippen LogP contribution in [-0.2, 0) is 17.6 Å². The highest BCUT2D eigenvalue weighted by Crippen LogP contribution is 2.22. The van der Waals surface area contributed by atoms with Crippen molar-refractivity contribution in [1.82, 2.24) is 0 Å². The summed E-state index contributed by atoms with van der Waals surface area (Å²) in [5.41, 5.74) is 1.98. The van der Waals surface area contributed by atoms with Crippen LogP contribution in [0.3, 0.4) is 0 Å². The van der Waals surface area contributed by atoms with Crippen LogP contribution in [0.5, 0.6) is 0 Å². The number of alkyl halides is 4. The average molecular weight is 294 g/mol. The summed E-state index contributed by atoms with van der Waals surface area (Å²) in [7, 11) is 0. The topological polar surface area (TPSA) is 29.5 Å². The van der Waals surface area contributed by atoms with Crippen molar-refractivity contribution in [1.29, 1.82) is 0 Å². The molecule has 0 bridgehead atoms. The van der Waals surface area contributed by atoms with Crippen LogP contribution in [-0.4, -0.2) is 36.8 Å². The van der Waals surface area contributed by atoms with Crippen molar-refractivity contribution < 1.29 is 27.4 Å². The number of rotatable bonds is 8. The van der Waals surface area contributed by atoms with Crippen LogP contribution < -0.4 is 0 Å². The molecule has 0 aliphatic heterocycles. The van der Waals surface area contributed by atoms with Gasteiger partial charge in [0.05, 0.1) is 12.7 Å². The van der Waals surface area contributed by atoms with Gasteiger partial charge < -0.3 is 9.84 Å². The van der Waals surface area contributed by atoms with E-state index in [0.717, 1.165) is 17.5 Å². The Balaban J connectivity index is 2.34. The smallest absolute Gasteiger partial charge is 0.330 e. The molecule has 1 rings (SSSR count). The minimum absolute atomic E-state index is 0.226. The van der Waals surface area contributed by atoms with Gasteiger partial charge in [0.25, 0.3) is 0 Å². The zero-order valence-electron chi connectivity index (χ0n) is 11.2. The van der Waals surface area contributed by atoms with Crippen LogP contribution in [0.25, 0.3) is 0 Å². The molecular weight excluding hydrogens is 276 g/mol. The molecular formula is C14H18F4O2. The molecule has 1 aromatic carbocycles. The number of hydrogen-bond acceptors (Lipinski definition) is 2. The average Bonchev–Trinajstić information content (AvgIpc) is 2.39. The second kappa shape index (κ2) is 7.59. The highest BCUT2D eigenvalue weighted by molar-refractivity contribution is 5.22. The van der Waals surface area contributed by atoms with Gasteiger partial charge in [-0.05, 0) is 17.5 Å². The van der Waals surface area contributed by atoms with E-state index >= 15 is 0 Å². The van der Waals surface area contributed by atoms with Gasteiger partial charge in [0.2, 0.25) is 0 Å². The Morgan fingerprint density at radius 3 is 2.20 bits per heavy atom. The molecule has 0 fully saturated rings. The molecule has 0 spiro atoms. The van der Waals surface area contributed by atoms with Crippen LogP contribution >= 0.6 is 0 Å². The summed E-state index contributed by atoms with van der Waals surface area (Å²) in [6, 6.07) is 7.48. The maximum absolute atomic E-state index is 12.6. The zero-order valence-corrected chi connectivity index (χ0v) is 11.2. The van der Waals surface area contributed by atoms with Crippen molar-refractivity contribution in [2.75, 3.05) is 13.2 Å². The first-order chi connectivity index (χ1) is 9.35. The maximum atomic E-state index is 12.6. The van der Waals surface area contributed by atoms with Crippen LogP contribution in [0.2, 0.25) is 0 Å². The normalized spacial score (nSPS) is 13.8. The van der Waals surface area contributed by atoms with E-state index in [9.17, 15) is 22.7 Å². The molecule has 2 nitrogen and oxygen atoms in total. The quantitative estimate of drug-likeness (QED) is 0.747. The first-order valence-corrected chi connectivity index (χ1v) is 6.34. The van der Waals surface area contributed by atoms with E-state index < -0.39 is 31.7 Å². The largest absolute Gasteiger partial charge is 0.390 e. The predicted octanol–water partition coefficient (Wildman–Crippen LogP) is 3.07. The molecule has 0 aliphatic carbocycles. The number of ether oxygens (including phenoxy) is 1. The van der Waals surface area contributed by atoms with Crippen molar-refractivity contribution in [2.45, 2.75) is 38.2 Å². The Kier molecular flexibility index (Phi) is 6.42. The second-order valence-corrected chi connectivity index (χ2v) is 4.60. The van der Waals surface area contributed by atoms with Crippen molar-refractivity contribution in [3.8, 4) is 0 Å². The number of aliphatic hydroxyl groups excluding tert-OH is 1. The molecule has 0 aliphatic rings. The summed E-state index contributed by atoms with van der Waals surface area (Å²) in [4.78, 5) is 0. The van der Waals surface area contributed by atoms with Crippen molar-refractivity contribution >= 4 is 0 Å². The molecule has 20 heavy (non-hydrogen) atoms. The Morgan fingerprint density at radius 2 is 1.70 bits per heavy atom. The minimum atomic E-state index is -4.18. The van der Waals surface area contributed by atoms with Crippen molar-refractivity contribution in [3.05, 3.63) is 35.4 Å². The van der Waals surface area contributed by atoms with Gasteiger partial charge in [-0.1, -0.05) is 31.2 Å². The monoisotopic (exact) mass is 294 g/mol. The summed E-state index contributed by atoms with van der Waals surface area (Å²) >= 11 is 0. The third-order valence-electron chi connectivity index (χ3n) is 2.83. The first-order valence-electron chi connectivity index (χ1n) is 6.34. The van der Waals surface area contributed by atoms with E-state index in [-0.39, 0.29) is 6.42 Å². The highest BCUT2D eigenvalue weighted by atomic mass is 19.3. The van der Waals surface area contributed by atoms with E-state index in [1.54, 1.807) is 0 Å². The third-order valence-corrected chi connectivity index (χ3v) is 2.83. The number of aryl methyl sites for hydroxylation is 1. The Bertz CT molecular complexity index is 393. The van der Waals surface area contributed by atoms with Gasteiger partial charge in [-0.3, -0.25) is 0 Å². The molecule has 0 amide bonds. The first kappa shape index (κ1) is 16.9. The van der Waals surface area contributed by atoms with Crippen molar-refractivity contribution in [2.24, 2.45) is 0 Å². The molecule has 0 aromatic heterocycles. The van der Waals surface area contributed by atoms with Crippen LogP contribution in [0.4, 0.5) is 17.6 Å². The number of hydrogen-bond donors (Lipinski definition) is 1. The summed E-state index contributed by atoms with van der Waals surface area (Å²) in [5, 5.41) is 9.61. The van der Waals surface area contributed by atoms with Crippen molar-refractivity contribution in [3.63, 3.8) is 0 Å². The lowest BCUT2D eigenvalue weighted by Gasteiger charge is -2.17. The van der Waals surface area contributed by atoms with Gasteiger partial charge >= 0.3 is 12.3 Å². The SMILES string of the molecule is CCc1ccc(CC(O)COCC(F)(F)C(F)F)cc1. The van der Waals surface area contributed by atoms with Crippen LogP contribution in [0.15, 0.2) is 24.3 Å². The van der Waals surface area contributed by atoms with Gasteiger partial charge in [0, 0.05) is 6.42 Å². The van der Waals surface area contributed by atoms with E-state index in [1.165, 1.54) is 0 Å². The molecule has 1 aromatic rings. The molecule has 0 saturated carbocycles. The number of halogens is 4. The van der Waals surface area contributed by atoms with Gasteiger partial charge in [-0.15, -0.1) is 0 Å². The zero-order chi connectivity index (χ0) is 15.2. The van der Waals surface area contributed by atoms with Gasteiger partial charge in [0.1, 0.15) is 6.61 Å². The Hall–Kier alpha value is -1.14. The minimum Gasteiger partial charge on any atom is -0.390 e. The lowest BCUT2D eigenvalue weighted by atomic mass is 10.1. The number of aliphatic hydroxyl groups is 1. The molecule has 6 heteroatoms. The summed E-state index contributed by atoms with van der Waals surface area (Å²) < 4.78 is 53.3. The lowest BCUT2D eigenvalue weighted by molar-refractivity contribution is -0.170. The second-order valence-electron chi connectivity index (χ2n) is 4.60. The van der Waals surface area contributed by atoms with Crippen LogP contribution in [0, 0.1) is 0 Å². The van der Waals surface area contributed by atoms with E-state index in [1.807, 2.05) is 31.2 Å². The molecule has 0 saturated heterocycles. The highest BCUT2D eigenvalue weighted by Gasteiger charge is 2.41. The van der Waals surface area contributed by atoms with Crippen LogP contribution in [0.1, 0.15) is 18.1 Å². The van der Waals surface area contributed by atoms with Gasteiger partial charge in [-0.25, -0.2) is 8.78 Å². The standard InChI is InChI=1S/C14H18F4O2/c1-2-10-3-5-11(6-4-10)7-12(19)8-20-9-14(17,18)13(15)16/h3-6,12-13,19H,2,7-9H2,1H3. The molecule has 1 atom stereocenters. The molecule has 0 heterocycles. The molecule has 1 N–H and O–H groups in total. The third kappa shape index (κ3) is 5.46. The summed E-state index contributed by atoms with van der Waals surface area (Å²) in [6.45, 7) is 0.217. The molecule has 0 radical (unpaired) electrons. The Labute approximate surface area is 115 Å². The predicted molar refractivity (Wildman–Crippen MR) is 67.3 cm³/mol. The fourth-order valence-corrected chi connectivity index (χ4v) is 1.64. The van der Waals surface area contributed by atoms with E-state index in [4.69, 9.17) is 0 Å². The molecule has 114 valence electrons. The Morgan fingerprint density at radius 1 is 1.15 bits per heavy atom. The lowest BCUT2D eigenvalue weighted by Crippen LogP contribution is -2.34. The summed E-state index contributed by atoms with van der Waals surface area (Å²) in [6.07, 6.45) is -3.64. The fourth-order valence-electron chi connectivity index (χ4n) is 1.64. The van der Waals surface area contributed by atoms with Gasteiger partial charge in [0.15, 0.2) is 0 Å².